The van der Waals surface area contributed by atoms with Crippen LogP contribution < -0.4 is 5.73 Å². The van der Waals surface area contributed by atoms with Gasteiger partial charge >= 0.3 is 0 Å². The lowest BCUT2D eigenvalue weighted by molar-refractivity contribution is 0.506. The van der Waals surface area contributed by atoms with Crippen LogP contribution in [0.1, 0.15) is 44.0 Å². The molecule has 0 aliphatic heterocycles. The van der Waals surface area contributed by atoms with Crippen molar-refractivity contribution in [2.45, 2.75) is 32.6 Å². The van der Waals surface area contributed by atoms with E-state index >= 15 is 0 Å². The number of hydrogen-bond donors (Lipinski definition) is 1. The minimum Gasteiger partial charge on any atom is -0.375 e. The van der Waals surface area contributed by atoms with E-state index in [2.05, 4.69) is 56.1 Å². The van der Waals surface area contributed by atoms with Crippen molar-refractivity contribution in [3.8, 4) is 0 Å². The summed E-state index contributed by atoms with van der Waals surface area (Å²) in [4.78, 5) is 4.21. The predicted molar refractivity (Wildman–Crippen MR) is 85.2 cm³/mol. The van der Waals surface area contributed by atoms with Gasteiger partial charge in [0.1, 0.15) is 0 Å². The van der Waals surface area contributed by atoms with Crippen LogP contribution in [0, 0.1) is 0 Å². The lowest BCUT2D eigenvalue weighted by Crippen LogP contribution is -2.14. The van der Waals surface area contributed by atoms with Crippen molar-refractivity contribution >= 4 is 28.6 Å². The van der Waals surface area contributed by atoms with Gasteiger partial charge in [0.15, 0.2) is 5.13 Å². The third-order valence-corrected chi connectivity index (χ3v) is 4.25. The second-order valence-corrected chi connectivity index (χ2v) is 6.19. The second-order valence-electron chi connectivity index (χ2n) is 5.30. The second kappa shape index (κ2) is 5.57. The molecule has 0 saturated heterocycles. The number of nitrogens with two attached hydrogens (primary N) is 1. The lowest BCUT2D eigenvalue weighted by Gasteiger charge is -2.23. The van der Waals surface area contributed by atoms with Crippen molar-refractivity contribution < 1.29 is 0 Å². The van der Waals surface area contributed by atoms with Crippen molar-refractivity contribution in [1.82, 2.24) is 4.98 Å². The van der Waals surface area contributed by atoms with Gasteiger partial charge in [-0.3, -0.25) is 0 Å². The van der Waals surface area contributed by atoms with Crippen LogP contribution in [-0.2, 0) is 5.41 Å². The van der Waals surface area contributed by atoms with E-state index in [4.69, 9.17) is 5.73 Å². The van der Waals surface area contributed by atoms with E-state index in [-0.39, 0.29) is 5.41 Å². The van der Waals surface area contributed by atoms with E-state index in [9.17, 15) is 0 Å². The van der Waals surface area contributed by atoms with Gasteiger partial charge in [0.05, 0.1) is 5.69 Å². The first-order valence-corrected chi connectivity index (χ1v) is 7.39. The summed E-state index contributed by atoms with van der Waals surface area (Å²) in [6, 6.07) is 8.72. The summed E-state index contributed by atoms with van der Waals surface area (Å²) in [7, 11) is 0. The average molecular weight is 272 g/mol. The molecule has 2 aromatic rings. The Kier molecular flexibility index (Phi) is 4.05. The summed E-state index contributed by atoms with van der Waals surface area (Å²) >= 11 is 1.46. The fourth-order valence-electron chi connectivity index (χ4n) is 1.81. The number of nitrogens with zero attached hydrogens (tertiary/aromatic N) is 1. The minimum absolute atomic E-state index is 0.242. The lowest BCUT2D eigenvalue weighted by atomic mass is 9.82. The highest BCUT2D eigenvalue weighted by Gasteiger charge is 2.16. The van der Waals surface area contributed by atoms with E-state index in [0.717, 1.165) is 12.1 Å². The number of anilines is 1. The Balaban J connectivity index is 2.13. The predicted octanol–water partition coefficient (Wildman–Crippen LogP) is 4.58. The van der Waals surface area contributed by atoms with E-state index < -0.39 is 0 Å². The first-order valence-electron chi connectivity index (χ1n) is 6.51. The Morgan fingerprint density at radius 1 is 1.21 bits per heavy atom. The van der Waals surface area contributed by atoms with Crippen LogP contribution >= 0.6 is 11.3 Å². The molecule has 1 aromatic carbocycles. The molecule has 100 valence electrons. The summed E-state index contributed by atoms with van der Waals surface area (Å²) in [5.74, 6) is 0. The Morgan fingerprint density at radius 2 is 1.89 bits per heavy atom. The average Bonchev–Trinajstić information content (AvgIpc) is 2.83. The molecule has 0 fully saturated rings. The summed E-state index contributed by atoms with van der Waals surface area (Å²) in [6.07, 6.45) is 5.20. The molecule has 0 amide bonds. The van der Waals surface area contributed by atoms with Crippen LogP contribution in [0.2, 0.25) is 0 Å². The van der Waals surface area contributed by atoms with E-state index in [1.54, 1.807) is 0 Å². The van der Waals surface area contributed by atoms with Crippen molar-refractivity contribution in [2.75, 3.05) is 5.73 Å². The van der Waals surface area contributed by atoms with Gasteiger partial charge in [0, 0.05) is 5.38 Å². The van der Waals surface area contributed by atoms with Gasteiger partial charge in [0.2, 0.25) is 0 Å². The fourth-order valence-corrected chi connectivity index (χ4v) is 2.34. The van der Waals surface area contributed by atoms with Gasteiger partial charge in [-0.1, -0.05) is 51.1 Å². The van der Waals surface area contributed by atoms with Crippen LogP contribution in [0.25, 0.3) is 12.2 Å². The highest BCUT2D eigenvalue weighted by Crippen LogP contribution is 2.27. The van der Waals surface area contributed by atoms with Crippen LogP contribution in [0.5, 0.6) is 0 Å². The first kappa shape index (κ1) is 13.8. The zero-order chi connectivity index (χ0) is 13.9. The minimum atomic E-state index is 0.242. The number of hydrogen-bond acceptors (Lipinski definition) is 3. The highest BCUT2D eigenvalue weighted by atomic mass is 32.1. The normalized spacial score (nSPS) is 12.2. The molecule has 1 aromatic heterocycles. The molecule has 2 nitrogen and oxygen atoms in total. The van der Waals surface area contributed by atoms with Gasteiger partial charge in [-0.15, -0.1) is 11.3 Å². The molecule has 0 bridgehead atoms. The molecule has 1 heterocycles. The summed E-state index contributed by atoms with van der Waals surface area (Å²) in [6.45, 7) is 6.77. The Morgan fingerprint density at radius 3 is 2.42 bits per heavy atom. The molecule has 0 spiro atoms. The third kappa shape index (κ3) is 3.44. The number of rotatable bonds is 4. The molecule has 0 aliphatic carbocycles. The molecular formula is C16H20N2S. The molecule has 2 N–H and O–H groups in total. The maximum absolute atomic E-state index is 5.60. The fraction of sp³-hybridized carbons (Fsp3) is 0.312. The molecule has 19 heavy (non-hydrogen) atoms. The number of nitrogen functional groups attached to an aromatic ring is 1. The highest BCUT2D eigenvalue weighted by molar-refractivity contribution is 7.13. The van der Waals surface area contributed by atoms with Crippen molar-refractivity contribution in [3.05, 3.63) is 46.5 Å². The Labute approximate surface area is 119 Å². The number of benzene rings is 1. The monoisotopic (exact) mass is 272 g/mol. The SMILES string of the molecule is CCC(C)(C)c1ccc(C=Cc2csc(N)n2)cc1. The number of aromatic nitrogens is 1. The number of thiazole rings is 1. The third-order valence-electron chi connectivity index (χ3n) is 3.56. The quantitative estimate of drug-likeness (QED) is 0.884. The standard InChI is InChI=1S/C16H20N2S/c1-4-16(2,3)13-8-5-12(6-9-13)7-10-14-11-19-15(17)18-14/h5-11H,4H2,1-3H3,(H2,17,18). The summed E-state index contributed by atoms with van der Waals surface area (Å²) in [5.41, 5.74) is 9.33. The summed E-state index contributed by atoms with van der Waals surface area (Å²) in [5, 5.41) is 2.57. The van der Waals surface area contributed by atoms with Crippen LogP contribution in [-0.4, -0.2) is 4.98 Å². The van der Waals surface area contributed by atoms with Crippen molar-refractivity contribution in [2.24, 2.45) is 0 Å². The molecule has 0 saturated carbocycles. The first-order chi connectivity index (χ1) is 9.01. The molecular weight excluding hydrogens is 252 g/mol. The Bertz CT molecular complexity index is 565. The maximum Gasteiger partial charge on any atom is 0.180 e. The molecule has 0 unspecified atom stereocenters. The molecule has 0 radical (unpaired) electrons. The van der Waals surface area contributed by atoms with Gasteiger partial charge in [-0.05, 0) is 29.0 Å². The zero-order valence-corrected chi connectivity index (χ0v) is 12.5. The maximum atomic E-state index is 5.60. The van der Waals surface area contributed by atoms with Gasteiger partial charge < -0.3 is 5.73 Å². The van der Waals surface area contributed by atoms with Crippen molar-refractivity contribution in [1.29, 1.82) is 0 Å². The smallest absolute Gasteiger partial charge is 0.180 e. The largest absolute Gasteiger partial charge is 0.375 e. The molecule has 0 aliphatic rings. The van der Waals surface area contributed by atoms with Gasteiger partial charge in [0.25, 0.3) is 0 Å². The van der Waals surface area contributed by atoms with Crippen molar-refractivity contribution in [3.63, 3.8) is 0 Å². The zero-order valence-electron chi connectivity index (χ0n) is 11.7. The van der Waals surface area contributed by atoms with E-state index in [1.807, 2.05) is 11.5 Å². The molecule has 3 heteroatoms. The van der Waals surface area contributed by atoms with Gasteiger partial charge in [-0.25, -0.2) is 4.98 Å². The molecule has 2 rings (SSSR count). The van der Waals surface area contributed by atoms with Crippen LogP contribution in [0.4, 0.5) is 5.13 Å². The molecule has 0 atom stereocenters. The Hall–Kier alpha value is -1.61. The summed E-state index contributed by atoms with van der Waals surface area (Å²) < 4.78 is 0. The van der Waals surface area contributed by atoms with E-state index in [0.29, 0.717) is 5.13 Å². The topological polar surface area (TPSA) is 38.9 Å². The van der Waals surface area contributed by atoms with Crippen LogP contribution in [0.3, 0.4) is 0 Å². The van der Waals surface area contributed by atoms with Crippen LogP contribution in [0.15, 0.2) is 29.6 Å². The van der Waals surface area contributed by atoms with Gasteiger partial charge in [-0.2, -0.15) is 0 Å². The van der Waals surface area contributed by atoms with E-state index in [1.165, 1.54) is 22.5 Å².